The summed E-state index contributed by atoms with van der Waals surface area (Å²) in [5.41, 5.74) is 0. The Kier molecular flexibility index (Phi) is 4.26. The Hall–Kier alpha value is 0.270. The molecule has 0 saturated carbocycles. The van der Waals surface area contributed by atoms with E-state index in [0.717, 1.165) is 38.1 Å². The lowest BCUT2D eigenvalue weighted by molar-refractivity contribution is 0.495. The number of nitrogens with one attached hydrogen (secondary N) is 1. The zero-order valence-electron chi connectivity index (χ0n) is 7.14. The van der Waals surface area contributed by atoms with Crippen LogP contribution >= 0.6 is 0 Å². The van der Waals surface area contributed by atoms with Gasteiger partial charge in [0.2, 0.25) is 0 Å². The minimum atomic E-state index is -0.546. The first kappa shape index (κ1) is 9.36. The van der Waals surface area contributed by atoms with Gasteiger partial charge in [-0.2, -0.15) is 0 Å². The van der Waals surface area contributed by atoms with Gasteiger partial charge in [-0.1, -0.05) is 18.1 Å². The summed E-state index contributed by atoms with van der Waals surface area (Å²) in [4.78, 5) is 0. The molecule has 2 nitrogen and oxygen atoms in total. The Morgan fingerprint density at radius 1 is 1.45 bits per heavy atom. The van der Waals surface area contributed by atoms with E-state index in [1.807, 2.05) is 0 Å². The molecule has 0 amide bonds. The third-order valence-corrected chi connectivity index (χ3v) is 4.09. The fourth-order valence-corrected chi connectivity index (χ4v) is 2.92. The molecule has 0 spiro atoms. The molecule has 0 radical (unpaired) electrons. The zero-order chi connectivity index (χ0) is 8.10. The standard InChI is InChI=1S/C8H17NOS/c1-2-7-11(10)8-3-5-9-6-4-8/h8-9H,2-7H2,1H3. The summed E-state index contributed by atoms with van der Waals surface area (Å²) < 4.78 is 11.5. The largest absolute Gasteiger partial charge is 0.616 e. The predicted molar refractivity (Wildman–Crippen MR) is 49.2 cm³/mol. The van der Waals surface area contributed by atoms with Crippen molar-refractivity contribution in [2.24, 2.45) is 0 Å². The Morgan fingerprint density at radius 2 is 2.09 bits per heavy atom. The number of piperidine rings is 1. The van der Waals surface area contributed by atoms with E-state index in [1.165, 1.54) is 0 Å². The molecular formula is C8H17NOS. The van der Waals surface area contributed by atoms with Crippen LogP contribution in [0.15, 0.2) is 0 Å². The molecular weight excluding hydrogens is 158 g/mol. The van der Waals surface area contributed by atoms with Crippen LogP contribution in [0.5, 0.6) is 0 Å². The van der Waals surface area contributed by atoms with Crippen LogP contribution in [0.1, 0.15) is 26.2 Å². The quantitative estimate of drug-likeness (QED) is 0.647. The fraction of sp³-hybridized carbons (Fsp3) is 1.00. The maximum Gasteiger partial charge on any atom is 0.118 e. The van der Waals surface area contributed by atoms with Crippen LogP contribution in [0, 0.1) is 0 Å². The Bertz CT molecular complexity index is 104. The maximum atomic E-state index is 11.5. The van der Waals surface area contributed by atoms with Crippen molar-refractivity contribution in [1.82, 2.24) is 5.32 Å². The molecule has 1 heterocycles. The van der Waals surface area contributed by atoms with Crippen molar-refractivity contribution in [3.8, 4) is 0 Å². The summed E-state index contributed by atoms with van der Waals surface area (Å²) in [6, 6.07) is 0. The number of hydrogen-bond donors (Lipinski definition) is 1. The van der Waals surface area contributed by atoms with Crippen molar-refractivity contribution >= 4 is 11.2 Å². The highest BCUT2D eigenvalue weighted by Crippen LogP contribution is 2.14. The highest BCUT2D eigenvalue weighted by molar-refractivity contribution is 7.92. The van der Waals surface area contributed by atoms with E-state index in [4.69, 9.17) is 0 Å². The van der Waals surface area contributed by atoms with E-state index in [0.29, 0.717) is 5.25 Å². The predicted octanol–water partition coefficient (Wildman–Crippen LogP) is 0.897. The van der Waals surface area contributed by atoms with Gasteiger partial charge >= 0.3 is 0 Å². The normalized spacial score (nSPS) is 23.5. The van der Waals surface area contributed by atoms with Gasteiger partial charge < -0.3 is 9.87 Å². The van der Waals surface area contributed by atoms with Crippen LogP contribution in [0.4, 0.5) is 0 Å². The summed E-state index contributed by atoms with van der Waals surface area (Å²) in [5, 5.41) is 3.76. The van der Waals surface area contributed by atoms with Gasteiger partial charge in [-0.05, 0) is 19.5 Å². The van der Waals surface area contributed by atoms with Crippen LogP contribution in [-0.2, 0) is 11.2 Å². The highest BCUT2D eigenvalue weighted by atomic mass is 32.2. The first-order chi connectivity index (χ1) is 5.34. The van der Waals surface area contributed by atoms with E-state index in [9.17, 15) is 4.55 Å². The lowest BCUT2D eigenvalue weighted by Crippen LogP contribution is -2.36. The van der Waals surface area contributed by atoms with Gasteiger partial charge in [0.25, 0.3) is 0 Å². The first-order valence-electron chi connectivity index (χ1n) is 4.42. The Morgan fingerprint density at radius 3 is 2.64 bits per heavy atom. The highest BCUT2D eigenvalue weighted by Gasteiger charge is 2.23. The molecule has 11 heavy (non-hydrogen) atoms. The summed E-state index contributed by atoms with van der Waals surface area (Å²) >= 11 is -0.546. The second-order valence-electron chi connectivity index (χ2n) is 3.03. The van der Waals surface area contributed by atoms with Gasteiger partial charge in [0.15, 0.2) is 0 Å². The number of rotatable bonds is 3. The van der Waals surface area contributed by atoms with Gasteiger partial charge in [0.1, 0.15) is 11.0 Å². The minimum absolute atomic E-state index is 0.483. The third-order valence-electron chi connectivity index (χ3n) is 2.06. The lowest BCUT2D eigenvalue weighted by atomic mass is 10.2. The van der Waals surface area contributed by atoms with Crippen LogP contribution in [0.3, 0.4) is 0 Å². The monoisotopic (exact) mass is 175 g/mol. The minimum Gasteiger partial charge on any atom is -0.616 e. The van der Waals surface area contributed by atoms with Crippen LogP contribution in [0.2, 0.25) is 0 Å². The lowest BCUT2D eigenvalue weighted by Gasteiger charge is -2.25. The van der Waals surface area contributed by atoms with E-state index in [2.05, 4.69) is 12.2 Å². The van der Waals surface area contributed by atoms with Crippen molar-refractivity contribution in [3.63, 3.8) is 0 Å². The zero-order valence-corrected chi connectivity index (χ0v) is 7.95. The fourth-order valence-electron chi connectivity index (χ4n) is 1.43. The molecule has 1 atom stereocenters. The summed E-state index contributed by atoms with van der Waals surface area (Å²) in [6.07, 6.45) is 3.26. The second kappa shape index (κ2) is 5.01. The molecule has 0 aliphatic carbocycles. The smallest absolute Gasteiger partial charge is 0.118 e. The SMILES string of the molecule is CCC[S+]([O-])C1CCNCC1. The first-order valence-corrected chi connectivity index (χ1v) is 5.80. The molecule has 1 N–H and O–H groups in total. The van der Waals surface area contributed by atoms with Gasteiger partial charge in [-0.25, -0.2) is 0 Å². The van der Waals surface area contributed by atoms with Crippen LogP contribution in [-0.4, -0.2) is 28.6 Å². The molecule has 0 aromatic carbocycles. The van der Waals surface area contributed by atoms with Crippen LogP contribution < -0.4 is 5.32 Å². The molecule has 0 aromatic rings. The summed E-state index contributed by atoms with van der Waals surface area (Å²) in [5.74, 6) is 0.894. The molecule has 1 saturated heterocycles. The van der Waals surface area contributed by atoms with E-state index >= 15 is 0 Å². The van der Waals surface area contributed by atoms with Crippen molar-refractivity contribution < 1.29 is 4.55 Å². The molecule has 1 rings (SSSR count). The molecule has 66 valence electrons. The maximum absolute atomic E-state index is 11.5. The molecule has 3 heteroatoms. The topological polar surface area (TPSA) is 35.1 Å². The number of hydrogen-bond acceptors (Lipinski definition) is 2. The summed E-state index contributed by atoms with van der Waals surface area (Å²) in [6.45, 7) is 4.21. The average molecular weight is 175 g/mol. The van der Waals surface area contributed by atoms with Crippen molar-refractivity contribution in [2.75, 3.05) is 18.8 Å². The summed E-state index contributed by atoms with van der Waals surface area (Å²) in [7, 11) is 0. The third kappa shape index (κ3) is 3.01. The van der Waals surface area contributed by atoms with E-state index < -0.39 is 11.2 Å². The molecule has 1 aliphatic rings. The Labute approximate surface area is 71.9 Å². The van der Waals surface area contributed by atoms with Crippen molar-refractivity contribution in [2.45, 2.75) is 31.4 Å². The van der Waals surface area contributed by atoms with Gasteiger partial charge in [-0.15, -0.1) is 0 Å². The molecule has 1 aliphatic heterocycles. The molecule has 0 aromatic heterocycles. The average Bonchev–Trinajstić information content (AvgIpc) is 2.07. The molecule has 1 unspecified atom stereocenters. The van der Waals surface area contributed by atoms with Gasteiger partial charge in [-0.3, -0.25) is 0 Å². The molecule has 1 fully saturated rings. The van der Waals surface area contributed by atoms with E-state index in [1.54, 1.807) is 0 Å². The Balaban J connectivity index is 2.21. The molecule has 0 bridgehead atoms. The van der Waals surface area contributed by atoms with Crippen molar-refractivity contribution in [1.29, 1.82) is 0 Å². The second-order valence-corrected chi connectivity index (χ2v) is 4.87. The van der Waals surface area contributed by atoms with E-state index in [-0.39, 0.29) is 0 Å². The van der Waals surface area contributed by atoms with Gasteiger partial charge in [0.05, 0.1) is 0 Å². The van der Waals surface area contributed by atoms with Gasteiger partial charge in [0, 0.05) is 12.8 Å². The van der Waals surface area contributed by atoms with Crippen molar-refractivity contribution in [3.05, 3.63) is 0 Å². The van der Waals surface area contributed by atoms with Crippen LogP contribution in [0.25, 0.3) is 0 Å².